The highest BCUT2D eigenvalue weighted by molar-refractivity contribution is 4.87. The van der Waals surface area contributed by atoms with Crippen LogP contribution >= 0.6 is 0 Å². The van der Waals surface area contributed by atoms with Crippen LogP contribution in [-0.2, 0) is 9.47 Å². The molecule has 94 valence electrons. The maximum atomic E-state index is 6.13. The maximum absolute atomic E-state index is 6.13. The van der Waals surface area contributed by atoms with E-state index in [2.05, 4.69) is 20.8 Å². The first-order valence-electron chi connectivity index (χ1n) is 6.91. The third-order valence-electron chi connectivity index (χ3n) is 4.82. The Kier molecular flexibility index (Phi) is 3.60. The molecule has 0 atom stereocenters. The van der Waals surface area contributed by atoms with Gasteiger partial charge in [-0.25, -0.2) is 0 Å². The highest BCUT2D eigenvalue weighted by atomic mass is 16.7. The van der Waals surface area contributed by atoms with Crippen molar-refractivity contribution in [3.63, 3.8) is 0 Å². The van der Waals surface area contributed by atoms with Crippen molar-refractivity contribution in [1.82, 2.24) is 0 Å². The molecule has 2 heteroatoms. The fraction of sp³-hybridized carbons (Fsp3) is 1.00. The van der Waals surface area contributed by atoms with Gasteiger partial charge in [0.05, 0.1) is 13.2 Å². The molecule has 0 unspecified atom stereocenters. The standard InChI is InChI=1S/C14H26O2/c1-4-13(5-2)10-15-14(16-11-13)8-6-12(3)7-9-14/h12H,4-11H2,1-3H3. The van der Waals surface area contributed by atoms with Crippen molar-refractivity contribution in [2.45, 2.75) is 65.1 Å². The van der Waals surface area contributed by atoms with Crippen molar-refractivity contribution in [2.75, 3.05) is 13.2 Å². The Balaban J connectivity index is 1.93. The Labute approximate surface area is 99.7 Å². The van der Waals surface area contributed by atoms with E-state index < -0.39 is 0 Å². The predicted octanol–water partition coefficient (Wildman–Crippen LogP) is 3.75. The molecule has 2 aliphatic rings. The van der Waals surface area contributed by atoms with Gasteiger partial charge in [0.15, 0.2) is 5.79 Å². The van der Waals surface area contributed by atoms with Crippen LogP contribution in [0.2, 0.25) is 0 Å². The van der Waals surface area contributed by atoms with Gasteiger partial charge < -0.3 is 9.47 Å². The highest BCUT2D eigenvalue weighted by Crippen LogP contribution is 2.43. The normalized spacial score (nSPS) is 29.4. The summed E-state index contributed by atoms with van der Waals surface area (Å²) < 4.78 is 12.3. The zero-order valence-corrected chi connectivity index (χ0v) is 11.1. The van der Waals surface area contributed by atoms with Crippen molar-refractivity contribution in [1.29, 1.82) is 0 Å². The van der Waals surface area contributed by atoms with E-state index in [1.807, 2.05) is 0 Å². The number of hydrogen-bond donors (Lipinski definition) is 0. The van der Waals surface area contributed by atoms with E-state index in [9.17, 15) is 0 Å². The molecule has 1 saturated carbocycles. The molecule has 0 radical (unpaired) electrons. The second-order valence-electron chi connectivity index (χ2n) is 5.88. The van der Waals surface area contributed by atoms with Crippen LogP contribution in [0.5, 0.6) is 0 Å². The molecule has 1 aliphatic carbocycles. The largest absolute Gasteiger partial charge is 0.349 e. The lowest BCUT2D eigenvalue weighted by molar-refractivity contribution is -0.318. The van der Waals surface area contributed by atoms with Crippen molar-refractivity contribution in [2.24, 2.45) is 11.3 Å². The fourth-order valence-corrected chi connectivity index (χ4v) is 2.80. The first-order valence-corrected chi connectivity index (χ1v) is 6.91. The van der Waals surface area contributed by atoms with Gasteiger partial charge in [-0.1, -0.05) is 20.8 Å². The van der Waals surface area contributed by atoms with Crippen LogP contribution in [0.1, 0.15) is 59.3 Å². The molecule has 1 aliphatic heterocycles. The predicted molar refractivity (Wildman–Crippen MR) is 65.3 cm³/mol. The average Bonchev–Trinajstić information content (AvgIpc) is 2.35. The molecule has 0 aromatic rings. The van der Waals surface area contributed by atoms with E-state index in [-0.39, 0.29) is 11.2 Å². The molecule has 2 nitrogen and oxygen atoms in total. The van der Waals surface area contributed by atoms with Gasteiger partial charge in [0.25, 0.3) is 0 Å². The van der Waals surface area contributed by atoms with Crippen molar-refractivity contribution < 1.29 is 9.47 Å². The lowest BCUT2D eigenvalue weighted by Gasteiger charge is -2.48. The Morgan fingerprint density at radius 2 is 1.50 bits per heavy atom. The van der Waals surface area contributed by atoms with Crippen molar-refractivity contribution in [3.05, 3.63) is 0 Å². The van der Waals surface area contributed by atoms with Gasteiger partial charge in [-0.15, -0.1) is 0 Å². The summed E-state index contributed by atoms with van der Waals surface area (Å²) in [5.74, 6) is 0.641. The zero-order chi connectivity index (χ0) is 11.6. The van der Waals surface area contributed by atoms with Gasteiger partial charge in [0.2, 0.25) is 0 Å². The van der Waals surface area contributed by atoms with Gasteiger partial charge in [-0.05, 0) is 31.6 Å². The average molecular weight is 226 g/mol. The second-order valence-corrected chi connectivity index (χ2v) is 5.88. The third kappa shape index (κ3) is 2.28. The van der Waals surface area contributed by atoms with Gasteiger partial charge in [0.1, 0.15) is 0 Å². The van der Waals surface area contributed by atoms with Crippen LogP contribution < -0.4 is 0 Å². The quantitative estimate of drug-likeness (QED) is 0.714. The van der Waals surface area contributed by atoms with Crippen LogP contribution in [-0.4, -0.2) is 19.0 Å². The second kappa shape index (κ2) is 4.66. The molecule has 2 fully saturated rings. The molecule has 2 rings (SSSR count). The van der Waals surface area contributed by atoms with Gasteiger partial charge in [0, 0.05) is 18.3 Å². The molecule has 0 aromatic carbocycles. The Bertz CT molecular complexity index is 213. The minimum absolute atomic E-state index is 0.208. The number of ether oxygens (including phenoxy) is 2. The van der Waals surface area contributed by atoms with E-state index in [0.717, 1.165) is 44.8 Å². The third-order valence-corrected chi connectivity index (χ3v) is 4.82. The minimum atomic E-state index is -0.208. The molecular weight excluding hydrogens is 200 g/mol. The first-order chi connectivity index (χ1) is 7.64. The summed E-state index contributed by atoms with van der Waals surface area (Å²) in [7, 11) is 0. The summed E-state index contributed by atoms with van der Waals surface area (Å²) in [6, 6.07) is 0. The Morgan fingerprint density at radius 1 is 1.00 bits per heavy atom. The molecule has 16 heavy (non-hydrogen) atoms. The topological polar surface area (TPSA) is 18.5 Å². The molecule has 0 amide bonds. The van der Waals surface area contributed by atoms with E-state index in [1.54, 1.807) is 0 Å². The summed E-state index contributed by atoms with van der Waals surface area (Å²) in [6.45, 7) is 8.62. The monoisotopic (exact) mass is 226 g/mol. The molecule has 0 aromatic heterocycles. The molecule has 0 bridgehead atoms. The molecule has 1 saturated heterocycles. The Hall–Kier alpha value is -0.0800. The van der Waals surface area contributed by atoms with E-state index >= 15 is 0 Å². The number of rotatable bonds is 2. The summed E-state index contributed by atoms with van der Waals surface area (Å²) in [4.78, 5) is 0. The fourth-order valence-electron chi connectivity index (χ4n) is 2.80. The number of hydrogen-bond acceptors (Lipinski definition) is 2. The van der Waals surface area contributed by atoms with Crippen LogP contribution in [0.4, 0.5) is 0 Å². The van der Waals surface area contributed by atoms with E-state index in [0.29, 0.717) is 0 Å². The Morgan fingerprint density at radius 3 is 1.94 bits per heavy atom. The van der Waals surface area contributed by atoms with Crippen LogP contribution in [0, 0.1) is 11.3 Å². The van der Waals surface area contributed by atoms with E-state index in [1.165, 1.54) is 12.8 Å². The van der Waals surface area contributed by atoms with E-state index in [4.69, 9.17) is 9.47 Å². The van der Waals surface area contributed by atoms with Crippen molar-refractivity contribution in [3.8, 4) is 0 Å². The van der Waals surface area contributed by atoms with Crippen LogP contribution in [0.15, 0.2) is 0 Å². The summed E-state index contributed by atoms with van der Waals surface area (Å²) in [5.41, 5.74) is 0.286. The minimum Gasteiger partial charge on any atom is -0.349 e. The van der Waals surface area contributed by atoms with Crippen molar-refractivity contribution >= 4 is 0 Å². The highest BCUT2D eigenvalue weighted by Gasteiger charge is 2.44. The first kappa shape index (κ1) is 12.4. The SMILES string of the molecule is CCC1(CC)COC2(CCC(C)CC2)OC1. The molecule has 0 N–H and O–H groups in total. The zero-order valence-electron chi connectivity index (χ0n) is 11.1. The molecular formula is C14H26O2. The van der Waals surface area contributed by atoms with Gasteiger partial charge in [-0.3, -0.25) is 0 Å². The van der Waals surface area contributed by atoms with Gasteiger partial charge >= 0.3 is 0 Å². The maximum Gasteiger partial charge on any atom is 0.168 e. The summed E-state index contributed by atoms with van der Waals surface area (Å²) in [5, 5.41) is 0. The smallest absolute Gasteiger partial charge is 0.168 e. The van der Waals surface area contributed by atoms with Crippen LogP contribution in [0.25, 0.3) is 0 Å². The van der Waals surface area contributed by atoms with Gasteiger partial charge in [-0.2, -0.15) is 0 Å². The summed E-state index contributed by atoms with van der Waals surface area (Å²) >= 11 is 0. The van der Waals surface area contributed by atoms with Crippen LogP contribution in [0.3, 0.4) is 0 Å². The molecule has 1 heterocycles. The summed E-state index contributed by atoms with van der Waals surface area (Å²) in [6.07, 6.45) is 7.03. The lowest BCUT2D eigenvalue weighted by Crippen LogP contribution is -2.50. The lowest BCUT2D eigenvalue weighted by atomic mass is 9.81. The molecule has 1 spiro atoms.